The molecule has 5 aliphatic heterocycles. The average Bonchev–Trinajstić information content (AvgIpc) is 3.81. The smallest absolute Gasteiger partial charge is 0.365 e. The second-order valence-corrected chi connectivity index (χ2v) is 16.8. The Balaban J connectivity index is 1.21. The van der Waals surface area contributed by atoms with Gasteiger partial charge in [-0.25, -0.2) is 47.8 Å². The molecule has 0 aliphatic carbocycles. The van der Waals surface area contributed by atoms with Crippen LogP contribution in [0.4, 0.5) is 20.4 Å². The minimum absolute atomic E-state index is 0.215. The first-order valence-electron chi connectivity index (χ1n) is 14.5. The molecule has 9 heterocycles. The van der Waals surface area contributed by atoms with Crippen molar-refractivity contribution in [3.05, 3.63) is 37.5 Å². The van der Waals surface area contributed by atoms with E-state index in [0.717, 1.165) is 0 Å². The Kier molecular flexibility index (Phi) is 8.46. The Hall–Kier alpha value is -2.78. The molecule has 24 heteroatoms. The Labute approximate surface area is 279 Å². The lowest BCUT2D eigenvalue weighted by Gasteiger charge is -2.28. The molecule has 5 aliphatic rings. The maximum Gasteiger partial charge on any atom is 0.386 e. The lowest BCUT2D eigenvalue weighted by atomic mass is 10.1. The van der Waals surface area contributed by atoms with Crippen molar-refractivity contribution in [2.24, 2.45) is 0 Å². The Morgan fingerprint density at radius 1 is 0.708 bits per heavy atom. The summed E-state index contributed by atoms with van der Waals surface area (Å²) >= 11 is 8.10. The van der Waals surface area contributed by atoms with Crippen LogP contribution in [0, 0.1) is 0 Å². The number of hydrogen-bond donors (Lipinski definition) is 4. The number of alkyl halides is 2. The van der Waals surface area contributed by atoms with Gasteiger partial charge in [0.25, 0.3) is 0 Å². The molecule has 4 aromatic rings. The van der Waals surface area contributed by atoms with Gasteiger partial charge in [0.05, 0.1) is 25.9 Å². The second-order valence-electron chi connectivity index (χ2n) is 11.0. The molecule has 10 atom stereocenters. The van der Waals surface area contributed by atoms with E-state index in [1.54, 1.807) is 0 Å². The molecule has 3 saturated heterocycles. The van der Waals surface area contributed by atoms with E-state index < -0.39 is 76.0 Å². The van der Waals surface area contributed by atoms with Gasteiger partial charge in [-0.1, -0.05) is 36.6 Å². The number of nitrogens with zero attached hydrogens (tertiary/aromatic N) is 8. The molecule has 48 heavy (non-hydrogen) atoms. The van der Waals surface area contributed by atoms with Crippen LogP contribution in [0.15, 0.2) is 37.5 Å². The van der Waals surface area contributed by atoms with Gasteiger partial charge >= 0.3 is 13.6 Å². The molecule has 0 amide bonds. The van der Waals surface area contributed by atoms with E-state index >= 15 is 8.78 Å². The van der Waals surface area contributed by atoms with Crippen molar-refractivity contribution < 1.29 is 45.5 Å². The molecule has 18 nitrogen and oxygen atoms in total. The number of ether oxygens (including phenoxy) is 2. The summed E-state index contributed by atoms with van der Waals surface area (Å²) in [6.07, 6.45) is -3.91. The third-order valence-corrected chi connectivity index (χ3v) is 11.3. The van der Waals surface area contributed by atoms with Crippen LogP contribution in [0.2, 0.25) is 0 Å². The maximum atomic E-state index is 16.2. The normalized spacial score (nSPS) is 37.3. The van der Waals surface area contributed by atoms with Crippen LogP contribution < -0.4 is 10.6 Å². The van der Waals surface area contributed by atoms with Gasteiger partial charge in [-0.15, -0.1) is 0 Å². The molecule has 9 rings (SSSR count). The summed E-state index contributed by atoms with van der Waals surface area (Å²) in [6.45, 7) is -9.34. The molecular formula is C24H26F2N10O8P2S2. The highest BCUT2D eigenvalue weighted by Crippen LogP contribution is 2.60. The number of hydrogen-bond acceptors (Lipinski definition) is 16. The Morgan fingerprint density at radius 2 is 1.15 bits per heavy atom. The summed E-state index contributed by atoms with van der Waals surface area (Å²) in [5.41, 5.74) is 1.07. The number of fused-ring (bicyclic) bond motifs is 10. The lowest BCUT2D eigenvalue weighted by Crippen LogP contribution is -2.36. The van der Waals surface area contributed by atoms with Crippen molar-refractivity contribution in [1.82, 2.24) is 39.0 Å². The predicted molar refractivity (Wildman–Crippen MR) is 169 cm³/mol. The van der Waals surface area contributed by atoms with E-state index in [1.165, 1.54) is 34.4 Å². The van der Waals surface area contributed by atoms with Crippen LogP contribution in [0.3, 0.4) is 0 Å². The van der Waals surface area contributed by atoms with Crippen LogP contribution in [-0.2, 0) is 36.7 Å². The van der Waals surface area contributed by atoms with E-state index in [0.29, 0.717) is 35.8 Å². The maximum absolute atomic E-state index is 16.2. The SMILES string of the molecule is O=[P@]1(S)OC[C@H]2O[C@@H]3[C@H](F)[C@@H]2O[P@](=O)(S)OC[C@H]2O[C@H]([C@H](F)[C@@H]2O1)n1cnc2c(ncnc21)NCC=CCNc1ncnc2c1ncn23. The van der Waals surface area contributed by atoms with Crippen molar-refractivity contribution in [1.29, 1.82) is 0 Å². The molecule has 14 bridgehead atoms. The third-order valence-electron chi connectivity index (χ3n) is 8.05. The quantitative estimate of drug-likeness (QED) is 0.116. The first kappa shape index (κ1) is 32.4. The number of nitrogens with one attached hydrogen (secondary N) is 2. The van der Waals surface area contributed by atoms with Crippen molar-refractivity contribution in [2.45, 2.75) is 49.2 Å². The molecule has 0 saturated carbocycles. The summed E-state index contributed by atoms with van der Waals surface area (Å²) < 4.78 is 96.0. The fourth-order valence-corrected chi connectivity index (χ4v) is 8.84. The number of aromatic nitrogens is 8. The number of anilines is 2. The van der Waals surface area contributed by atoms with Gasteiger partial charge in [-0.05, 0) is 0 Å². The van der Waals surface area contributed by atoms with Crippen molar-refractivity contribution in [3.63, 3.8) is 0 Å². The largest absolute Gasteiger partial charge is 0.386 e. The molecule has 0 radical (unpaired) electrons. The van der Waals surface area contributed by atoms with E-state index in [9.17, 15) is 9.13 Å². The van der Waals surface area contributed by atoms with E-state index in [1.807, 2.05) is 12.2 Å². The topological polar surface area (TPSA) is 201 Å². The van der Waals surface area contributed by atoms with E-state index in [-0.39, 0.29) is 11.3 Å². The van der Waals surface area contributed by atoms with E-state index in [2.05, 4.69) is 65.0 Å². The van der Waals surface area contributed by atoms with Gasteiger partial charge in [-0.2, -0.15) is 0 Å². The minimum atomic E-state index is -4.38. The molecule has 2 N–H and O–H groups in total. The number of halogens is 2. The summed E-state index contributed by atoms with van der Waals surface area (Å²) in [5, 5.41) is 6.29. The summed E-state index contributed by atoms with van der Waals surface area (Å²) in [4.78, 5) is 25.7. The summed E-state index contributed by atoms with van der Waals surface area (Å²) in [5.74, 6) is 0.743. The first-order chi connectivity index (χ1) is 23.1. The molecule has 256 valence electrons. The van der Waals surface area contributed by atoms with Gasteiger partial charge < -0.3 is 20.1 Å². The van der Waals surface area contributed by atoms with Crippen LogP contribution in [0.5, 0.6) is 0 Å². The zero-order valence-corrected chi connectivity index (χ0v) is 27.9. The highest BCUT2D eigenvalue weighted by molar-refractivity contribution is 8.44. The second kappa shape index (κ2) is 12.5. The van der Waals surface area contributed by atoms with Gasteiger partial charge in [0.1, 0.15) is 37.1 Å². The Morgan fingerprint density at radius 3 is 1.58 bits per heavy atom. The van der Waals surface area contributed by atoms with Crippen LogP contribution in [0.1, 0.15) is 12.5 Å². The summed E-state index contributed by atoms with van der Waals surface area (Å²) in [7, 11) is 0. The molecule has 4 aromatic heterocycles. The standard InChI is InChI=1S/C24H26F2N10O8P2S2/c25-13-17-11-5-39-46(38,48)44-18-12(6-40-45(37,47)43-17)42-24(14(18)26)36-10-34-16-20(30-8-32-22(16)36)28-4-2-1-3-27-19-15-21(31-7-29-19)35(9-33-15)23(13)41-11/h1-2,7-14,17-18,23-24H,3-6H2,(H,37,47)(H,38,48)(H,27,29,31)(H,28,30,32)/t11-,12-,13-,14-,17-,18-,23-,24-,45-,46+/m1/s1. The van der Waals surface area contributed by atoms with Gasteiger partial charge in [0, 0.05) is 13.1 Å². The Bertz CT molecular complexity index is 1860. The van der Waals surface area contributed by atoms with Crippen molar-refractivity contribution >= 4 is 72.1 Å². The minimum Gasteiger partial charge on any atom is -0.365 e. The third kappa shape index (κ3) is 5.91. The monoisotopic (exact) mass is 746 g/mol. The lowest BCUT2D eigenvalue weighted by molar-refractivity contribution is -0.0544. The number of thiol groups is 2. The predicted octanol–water partition coefficient (Wildman–Crippen LogP) is 3.42. The highest BCUT2D eigenvalue weighted by Gasteiger charge is 2.54. The van der Waals surface area contributed by atoms with Crippen molar-refractivity contribution in [3.8, 4) is 0 Å². The van der Waals surface area contributed by atoms with E-state index in [4.69, 9.17) is 27.6 Å². The molecule has 3 fully saturated rings. The van der Waals surface area contributed by atoms with Gasteiger partial charge in [0.2, 0.25) is 0 Å². The molecule has 0 unspecified atom stereocenters. The molecule has 0 aromatic carbocycles. The zero-order chi connectivity index (χ0) is 33.2. The van der Waals surface area contributed by atoms with Crippen LogP contribution in [-0.4, -0.2) is 102 Å². The van der Waals surface area contributed by atoms with Gasteiger partial charge in [0.15, 0.2) is 58.8 Å². The average molecular weight is 747 g/mol. The zero-order valence-electron chi connectivity index (χ0n) is 24.3. The first-order valence-corrected chi connectivity index (χ1v) is 19.9. The van der Waals surface area contributed by atoms with Crippen molar-refractivity contribution in [2.75, 3.05) is 36.9 Å². The number of imidazole rings is 2. The van der Waals surface area contributed by atoms with Gasteiger partial charge in [-0.3, -0.25) is 27.2 Å². The summed E-state index contributed by atoms with van der Waals surface area (Å²) in [6, 6.07) is 0. The fraction of sp³-hybridized carbons (Fsp3) is 0.500. The fourth-order valence-electron chi connectivity index (χ4n) is 5.87. The highest BCUT2D eigenvalue weighted by atomic mass is 32.7. The molecular weight excluding hydrogens is 720 g/mol. The molecule has 0 spiro atoms. The van der Waals surface area contributed by atoms with Crippen LogP contribution in [0.25, 0.3) is 22.3 Å². The van der Waals surface area contributed by atoms with Crippen LogP contribution >= 0.6 is 38.1 Å². The number of rotatable bonds is 0.